The molecule has 0 radical (unpaired) electrons. The van der Waals surface area contributed by atoms with Crippen LogP contribution in [0.3, 0.4) is 0 Å². The zero-order valence-electron chi connectivity index (χ0n) is 11.2. The lowest BCUT2D eigenvalue weighted by molar-refractivity contribution is -0.137. The maximum atomic E-state index is 11.9. The van der Waals surface area contributed by atoms with Gasteiger partial charge in [0.15, 0.2) is 0 Å². The molecule has 0 saturated carbocycles. The van der Waals surface area contributed by atoms with E-state index in [4.69, 9.17) is 10.8 Å². The Bertz CT molecular complexity index is 442. The normalized spacial score (nSPS) is 12.4. The topological polar surface area (TPSA) is 110 Å². The summed E-state index contributed by atoms with van der Waals surface area (Å²) in [5, 5.41) is 11.5. The lowest BCUT2D eigenvalue weighted by Gasteiger charge is -2.19. The molecule has 0 fully saturated rings. The molecule has 1 heterocycles. The molecule has 0 bridgehead atoms. The van der Waals surface area contributed by atoms with Gasteiger partial charge in [-0.3, -0.25) is 9.59 Å². The molecule has 1 amide bonds. The van der Waals surface area contributed by atoms with Crippen molar-refractivity contribution in [2.24, 2.45) is 11.7 Å². The highest BCUT2D eigenvalue weighted by atomic mass is 16.4. The van der Waals surface area contributed by atoms with Gasteiger partial charge >= 0.3 is 5.97 Å². The van der Waals surface area contributed by atoms with E-state index in [9.17, 15) is 9.59 Å². The Labute approximate surface area is 111 Å². The summed E-state index contributed by atoms with van der Waals surface area (Å²) in [6.45, 7) is 4.77. The molecule has 0 saturated heterocycles. The van der Waals surface area contributed by atoms with Crippen molar-refractivity contribution < 1.29 is 14.7 Å². The number of carboxylic acids is 1. The summed E-state index contributed by atoms with van der Waals surface area (Å²) in [7, 11) is 0. The van der Waals surface area contributed by atoms with Crippen LogP contribution in [0.15, 0.2) is 12.5 Å². The van der Waals surface area contributed by atoms with Crippen molar-refractivity contribution in [2.45, 2.75) is 32.9 Å². The number of hydrogen-bond acceptors (Lipinski definition) is 4. The van der Waals surface area contributed by atoms with E-state index >= 15 is 0 Å². The molecule has 7 heteroatoms. The van der Waals surface area contributed by atoms with Crippen LogP contribution >= 0.6 is 0 Å². The Morgan fingerprint density at radius 3 is 2.74 bits per heavy atom. The zero-order valence-corrected chi connectivity index (χ0v) is 11.2. The second-order valence-corrected chi connectivity index (χ2v) is 4.71. The molecule has 7 nitrogen and oxygen atoms in total. The number of imidazole rings is 1. The maximum absolute atomic E-state index is 11.9. The van der Waals surface area contributed by atoms with Crippen LogP contribution < -0.4 is 11.1 Å². The average molecular weight is 268 g/mol. The number of nitrogens with zero attached hydrogens (tertiary/aromatic N) is 2. The minimum Gasteiger partial charge on any atom is -0.481 e. The van der Waals surface area contributed by atoms with Crippen molar-refractivity contribution >= 4 is 11.9 Å². The number of aliphatic carboxylic acids is 1. The number of carbonyl (C=O) groups excluding carboxylic acids is 1. The van der Waals surface area contributed by atoms with Gasteiger partial charge in [-0.2, -0.15) is 0 Å². The number of aromatic nitrogens is 2. The Balaban J connectivity index is 2.67. The van der Waals surface area contributed by atoms with Crippen LogP contribution in [0.4, 0.5) is 0 Å². The Kier molecular flexibility index (Phi) is 5.50. The van der Waals surface area contributed by atoms with Crippen molar-refractivity contribution in [1.82, 2.24) is 14.9 Å². The van der Waals surface area contributed by atoms with Gasteiger partial charge in [0.2, 0.25) is 0 Å². The first-order valence-corrected chi connectivity index (χ1v) is 6.18. The predicted octanol–water partition coefficient (Wildman–Crippen LogP) is 0.0709. The van der Waals surface area contributed by atoms with Crippen molar-refractivity contribution in [3.8, 4) is 0 Å². The molecule has 4 N–H and O–H groups in total. The molecule has 1 rings (SSSR count). The molecule has 0 aliphatic heterocycles. The van der Waals surface area contributed by atoms with Crippen molar-refractivity contribution in [2.75, 3.05) is 6.54 Å². The van der Waals surface area contributed by atoms with Gasteiger partial charge in [0.05, 0.1) is 12.7 Å². The largest absolute Gasteiger partial charge is 0.481 e. The van der Waals surface area contributed by atoms with E-state index in [1.54, 1.807) is 10.8 Å². The Hall–Kier alpha value is -1.89. The third-order valence-electron chi connectivity index (χ3n) is 2.77. The highest BCUT2D eigenvalue weighted by Gasteiger charge is 2.21. The van der Waals surface area contributed by atoms with Crippen LogP contribution in [0.5, 0.6) is 0 Å². The van der Waals surface area contributed by atoms with Gasteiger partial charge in [-0.05, 0) is 5.92 Å². The summed E-state index contributed by atoms with van der Waals surface area (Å²) in [4.78, 5) is 26.7. The first-order valence-electron chi connectivity index (χ1n) is 6.18. The molecule has 0 spiro atoms. The van der Waals surface area contributed by atoms with E-state index in [2.05, 4.69) is 10.3 Å². The molecule has 0 aliphatic rings. The highest BCUT2D eigenvalue weighted by Crippen LogP contribution is 2.07. The highest BCUT2D eigenvalue weighted by molar-refractivity contribution is 5.92. The number of nitrogens with two attached hydrogens (primary N) is 1. The summed E-state index contributed by atoms with van der Waals surface area (Å²) in [6, 6.07) is -0.412. The zero-order chi connectivity index (χ0) is 14.4. The summed E-state index contributed by atoms with van der Waals surface area (Å²) in [6.07, 6.45) is 3.02. The molecular formula is C12H20N4O3. The van der Waals surface area contributed by atoms with E-state index in [1.165, 1.54) is 6.33 Å². The fourth-order valence-electron chi connectivity index (χ4n) is 1.63. The minimum absolute atomic E-state index is 0.0335. The second-order valence-electron chi connectivity index (χ2n) is 4.71. The van der Waals surface area contributed by atoms with Gasteiger partial charge in [-0.1, -0.05) is 13.8 Å². The van der Waals surface area contributed by atoms with E-state index in [0.717, 1.165) is 0 Å². The van der Waals surface area contributed by atoms with Crippen LogP contribution in [0.2, 0.25) is 0 Å². The van der Waals surface area contributed by atoms with Gasteiger partial charge in [-0.15, -0.1) is 0 Å². The summed E-state index contributed by atoms with van der Waals surface area (Å²) < 4.78 is 1.72. The summed E-state index contributed by atoms with van der Waals surface area (Å²) in [5.41, 5.74) is 5.67. The van der Waals surface area contributed by atoms with Gasteiger partial charge in [0, 0.05) is 25.3 Å². The third kappa shape index (κ3) is 4.70. The fourth-order valence-corrected chi connectivity index (χ4v) is 1.63. The molecule has 19 heavy (non-hydrogen) atoms. The lowest BCUT2D eigenvalue weighted by Crippen LogP contribution is -2.40. The van der Waals surface area contributed by atoms with Gasteiger partial charge in [0.1, 0.15) is 5.69 Å². The molecule has 106 valence electrons. The monoisotopic (exact) mass is 268 g/mol. The average Bonchev–Trinajstić information content (AvgIpc) is 2.76. The number of carbonyl (C=O) groups is 2. The van der Waals surface area contributed by atoms with Crippen LogP contribution in [0.25, 0.3) is 0 Å². The number of hydrogen-bond donors (Lipinski definition) is 3. The smallest absolute Gasteiger partial charge is 0.305 e. The van der Waals surface area contributed by atoms with Crippen LogP contribution in [0.1, 0.15) is 30.8 Å². The van der Waals surface area contributed by atoms with Gasteiger partial charge in [-0.25, -0.2) is 4.98 Å². The minimum atomic E-state index is -0.937. The quantitative estimate of drug-likeness (QED) is 0.648. The predicted molar refractivity (Wildman–Crippen MR) is 69.6 cm³/mol. The van der Waals surface area contributed by atoms with Crippen molar-refractivity contribution in [3.05, 3.63) is 18.2 Å². The van der Waals surface area contributed by atoms with Gasteiger partial charge < -0.3 is 20.7 Å². The van der Waals surface area contributed by atoms with Crippen molar-refractivity contribution in [1.29, 1.82) is 0 Å². The first-order chi connectivity index (χ1) is 8.93. The van der Waals surface area contributed by atoms with Gasteiger partial charge in [0.25, 0.3) is 5.91 Å². The fraction of sp³-hybridized carbons (Fsp3) is 0.583. The van der Waals surface area contributed by atoms with Crippen LogP contribution in [0, 0.1) is 5.92 Å². The molecule has 1 atom stereocenters. The van der Waals surface area contributed by atoms with Crippen molar-refractivity contribution in [3.63, 3.8) is 0 Å². The second kappa shape index (κ2) is 6.89. The molecule has 0 aromatic carbocycles. The third-order valence-corrected chi connectivity index (χ3v) is 2.77. The molecule has 1 aromatic rings. The van der Waals surface area contributed by atoms with Crippen LogP contribution in [-0.2, 0) is 11.3 Å². The van der Waals surface area contributed by atoms with E-state index in [1.807, 2.05) is 13.8 Å². The van der Waals surface area contributed by atoms with E-state index in [0.29, 0.717) is 13.1 Å². The summed E-state index contributed by atoms with van der Waals surface area (Å²) >= 11 is 0. The first kappa shape index (κ1) is 15.2. The summed E-state index contributed by atoms with van der Waals surface area (Å²) in [5.74, 6) is -1.27. The number of nitrogens with one attached hydrogen (secondary N) is 1. The SMILES string of the molecule is CC(C)C(CC(=O)O)NC(=O)c1cn(CCN)cn1. The van der Waals surface area contributed by atoms with E-state index in [-0.39, 0.29) is 23.9 Å². The Morgan fingerprint density at radius 2 is 2.21 bits per heavy atom. The number of amides is 1. The number of carboxylic acid groups (broad SMARTS) is 1. The number of rotatable bonds is 7. The Morgan fingerprint density at radius 1 is 1.53 bits per heavy atom. The molecular weight excluding hydrogens is 248 g/mol. The molecule has 1 unspecified atom stereocenters. The molecule has 1 aromatic heterocycles. The standard InChI is InChI=1S/C12H20N4O3/c1-8(2)9(5-11(17)18)15-12(19)10-6-16(4-3-13)7-14-10/h6-9H,3-5,13H2,1-2H3,(H,15,19)(H,17,18). The van der Waals surface area contributed by atoms with E-state index < -0.39 is 12.0 Å². The maximum Gasteiger partial charge on any atom is 0.305 e. The lowest BCUT2D eigenvalue weighted by atomic mass is 10.0. The molecule has 0 aliphatic carbocycles. The van der Waals surface area contributed by atoms with Crippen LogP contribution in [-0.4, -0.2) is 39.1 Å².